The number of hydrogen-bond acceptors (Lipinski definition) is 3. The zero-order valence-electron chi connectivity index (χ0n) is 9.98. The standard InChI is InChI=1S/C13H10BrFN2O2/c1-19-13-10(6-3-7-16-13)17-12(18)8-4-2-5-9(15)11(8)14/h2-7H,1H3,(H,17,18). The number of benzene rings is 1. The molecule has 0 atom stereocenters. The van der Waals surface area contributed by atoms with Crippen molar-refractivity contribution in [2.75, 3.05) is 12.4 Å². The molecule has 0 saturated heterocycles. The molecule has 0 aliphatic carbocycles. The SMILES string of the molecule is COc1ncccc1NC(=O)c1cccc(F)c1Br. The molecule has 0 radical (unpaired) electrons. The van der Waals surface area contributed by atoms with Gasteiger partial charge in [-0.1, -0.05) is 6.07 Å². The number of hydrogen-bond donors (Lipinski definition) is 1. The molecular weight excluding hydrogens is 315 g/mol. The number of carbonyl (C=O) groups is 1. The lowest BCUT2D eigenvalue weighted by Crippen LogP contribution is -2.14. The number of halogens is 2. The first-order valence-electron chi connectivity index (χ1n) is 5.38. The van der Waals surface area contributed by atoms with Crippen molar-refractivity contribution in [1.29, 1.82) is 0 Å². The molecule has 1 aromatic heterocycles. The minimum atomic E-state index is -0.495. The topological polar surface area (TPSA) is 51.2 Å². The van der Waals surface area contributed by atoms with Crippen LogP contribution >= 0.6 is 15.9 Å². The Morgan fingerprint density at radius 3 is 2.89 bits per heavy atom. The molecule has 1 aromatic carbocycles. The number of nitrogens with zero attached hydrogens (tertiary/aromatic N) is 1. The lowest BCUT2D eigenvalue weighted by molar-refractivity contribution is 0.102. The summed E-state index contributed by atoms with van der Waals surface area (Å²) in [6, 6.07) is 7.57. The van der Waals surface area contributed by atoms with Gasteiger partial charge in [-0.15, -0.1) is 0 Å². The average Bonchev–Trinajstić information content (AvgIpc) is 2.42. The molecule has 0 saturated carbocycles. The van der Waals surface area contributed by atoms with Gasteiger partial charge in [-0.05, 0) is 40.2 Å². The van der Waals surface area contributed by atoms with Crippen molar-refractivity contribution >= 4 is 27.5 Å². The summed E-state index contributed by atoms with van der Waals surface area (Å²) in [4.78, 5) is 16.0. The van der Waals surface area contributed by atoms with Gasteiger partial charge in [-0.2, -0.15) is 0 Å². The van der Waals surface area contributed by atoms with E-state index in [0.29, 0.717) is 11.6 Å². The van der Waals surface area contributed by atoms with Crippen molar-refractivity contribution < 1.29 is 13.9 Å². The number of anilines is 1. The first-order valence-corrected chi connectivity index (χ1v) is 6.17. The van der Waals surface area contributed by atoms with Crippen molar-refractivity contribution in [3.8, 4) is 5.88 Å². The fourth-order valence-corrected chi connectivity index (χ4v) is 1.96. The minimum absolute atomic E-state index is 0.121. The second-order valence-electron chi connectivity index (χ2n) is 3.62. The van der Waals surface area contributed by atoms with Gasteiger partial charge in [0.1, 0.15) is 11.5 Å². The highest BCUT2D eigenvalue weighted by atomic mass is 79.9. The molecule has 2 aromatic rings. The van der Waals surface area contributed by atoms with Gasteiger partial charge in [0.2, 0.25) is 5.88 Å². The van der Waals surface area contributed by atoms with Gasteiger partial charge >= 0.3 is 0 Å². The van der Waals surface area contributed by atoms with E-state index in [4.69, 9.17) is 4.74 Å². The molecule has 1 N–H and O–H groups in total. The molecule has 19 heavy (non-hydrogen) atoms. The van der Waals surface area contributed by atoms with E-state index in [2.05, 4.69) is 26.2 Å². The molecule has 6 heteroatoms. The Morgan fingerprint density at radius 1 is 1.37 bits per heavy atom. The maximum atomic E-state index is 13.4. The van der Waals surface area contributed by atoms with Crippen molar-refractivity contribution in [3.05, 3.63) is 52.4 Å². The van der Waals surface area contributed by atoms with Gasteiger partial charge in [0, 0.05) is 6.20 Å². The van der Waals surface area contributed by atoms with E-state index in [1.807, 2.05) is 0 Å². The van der Waals surface area contributed by atoms with Crippen molar-refractivity contribution in [2.45, 2.75) is 0 Å². The molecule has 1 heterocycles. The average molecular weight is 325 g/mol. The van der Waals surface area contributed by atoms with Crippen LogP contribution < -0.4 is 10.1 Å². The number of nitrogens with one attached hydrogen (secondary N) is 1. The Kier molecular flexibility index (Phi) is 4.11. The molecule has 0 aliphatic heterocycles. The third-order valence-corrected chi connectivity index (χ3v) is 3.21. The van der Waals surface area contributed by atoms with Crippen LogP contribution in [0.15, 0.2) is 41.0 Å². The number of ether oxygens (including phenoxy) is 1. The van der Waals surface area contributed by atoms with E-state index < -0.39 is 11.7 Å². The molecule has 0 fully saturated rings. The quantitative estimate of drug-likeness (QED) is 0.942. The highest BCUT2D eigenvalue weighted by Gasteiger charge is 2.15. The number of amides is 1. The van der Waals surface area contributed by atoms with Gasteiger partial charge in [-0.25, -0.2) is 9.37 Å². The number of carbonyl (C=O) groups excluding carboxylic acids is 1. The van der Waals surface area contributed by atoms with E-state index in [0.717, 1.165) is 0 Å². The van der Waals surface area contributed by atoms with Crippen LogP contribution in [0, 0.1) is 5.82 Å². The highest BCUT2D eigenvalue weighted by molar-refractivity contribution is 9.10. The maximum Gasteiger partial charge on any atom is 0.257 e. The molecule has 0 unspecified atom stereocenters. The smallest absolute Gasteiger partial charge is 0.257 e. The number of methoxy groups -OCH3 is 1. The maximum absolute atomic E-state index is 13.4. The predicted octanol–water partition coefficient (Wildman–Crippen LogP) is 3.24. The van der Waals surface area contributed by atoms with Crippen LogP contribution in [0.4, 0.5) is 10.1 Å². The summed E-state index contributed by atoms with van der Waals surface area (Å²) in [6.07, 6.45) is 1.55. The summed E-state index contributed by atoms with van der Waals surface area (Å²) < 4.78 is 18.5. The molecule has 0 aliphatic rings. The van der Waals surface area contributed by atoms with Gasteiger partial charge in [0.15, 0.2) is 0 Å². The van der Waals surface area contributed by atoms with Crippen LogP contribution in [0.1, 0.15) is 10.4 Å². The van der Waals surface area contributed by atoms with Crippen LogP contribution in [0.25, 0.3) is 0 Å². The van der Waals surface area contributed by atoms with Gasteiger partial charge < -0.3 is 10.1 Å². The van der Waals surface area contributed by atoms with Crippen molar-refractivity contribution in [2.24, 2.45) is 0 Å². The van der Waals surface area contributed by atoms with Crippen LogP contribution in [0.3, 0.4) is 0 Å². The zero-order chi connectivity index (χ0) is 13.8. The Morgan fingerprint density at radius 2 is 2.16 bits per heavy atom. The third kappa shape index (κ3) is 2.90. The normalized spacial score (nSPS) is 10.1. The van der Waals surface area contributed by atoms with E-state index in [1.54, 1.807) is 18.3 Å². The van der Waals surface area contributed by atoms with E-state index >= 15 is 0 Å². The molecule has 4 nitrogen and oxygen atoms in total. The minimum Gasteiger partial charge on any atom is -0.480 e. The fraction of sp³-hybridized carbons (Fsp3) is 0.0769. The molecule has 0 spiro atoms. The monoisotopic (exact) mass is 324 g/mol. The summed E-state index contributed by atoms with van der Waals surface area (Å²) in [5, 5.41) is 2.62. The lowest BCUT2D eigenvalue weighted by Gasteiger charge is -2.09. The second-order valence-corrected chi connectivity index (χ2v) is 4.41. The van der Waals surface area contributed by atoms with Crippen LogP contribution in [0.2, 0.25) is 0 Å². The Balaban J connectivity index is 2.28. The summed E-state index contributed by atoms with van der Waals surface area (Å²) in [5.74, 6) is -0.646. The first kappa shape index (κ1) is 13.5. The van der Waals surface area contributed by atoms with E-state index in [9.17, 15) is 9.18 Å². The Labute approximate surface area is 117 Å². The molecule has 2 rings (SSSR count). The lowest BCUT2D eigenvalue weighted by atomic mass is 10.2. The Bertz CT molecular complexity index is 619. The predicted molar refractivity (Wildman–Crippen MR) is 72.8 cm³/mol. The number of aromatic nitrogens is 1. The van der Waals surface area contributed by atoms with Gasteiger partial charge in [0.05, 0.1) is 17.1 Å². The summed E-state index contributed by atoms with van der Waals surface area (Å²) >= 11 is 3.05. The van der Waals surface area contributed by atoms with Crippen LogP contribution in [0.5, 0.6) is 5.88 Å². The second kappa shape index (κ2) is 5.79. The van der Waals surface area contributed by atoms with E-state index in [1.165, 1.54) is 25.3 Å². The molecule has 1 amide bonds. The van der Waals surface area contributed by atoms with Crippen molar-refractivity contribution in [1.82, 2.24) is 4.98 Å². The third-order valence-electron chi connectivity index (χ3n) is 2.41. The number of pyridine rings is 1. The Hall–Kier alpha value is -1.95. The van der Waals surface area contributed by atoms with Crippen molar-refractivity contribution in [3.63, 3.8) is 0 Å². The van der Waals surface area contributed by atoms with Gasteiger partial charge in [0.25, 0.3) is 5.91 Å². The zero-order valence-corrected chi connectivity index (χ0v) is 11.6. The van der Waals surface area contributed by atoms with Crippen LogP contribution in [-0.2, 0) is 0 Å². The summed E-state index contributed by atoms with van der Waals surface area (Å²) in [6.45, 7) is 0. The largest absolute Gasteiger partial charge is 0.480 e. The summed E-state index contributed by atoms with van der Waals surface area (Å²) in [7, 11) is 1.45. The highest BCUT2D eigenvalue weighted by Crippen LogP contribution is 2.24. The van der Waals surface area contributed by atoms with Crippen LogP contribution in [-0.4, -0.2) is 18.0 Å². The fourth-order valence-electron chi connectivity index (χ4n) is 1.52. The molecule has 0 bridgehead atoms. The molecule has 98 valence electrons. The first-order chi connectivity index (χ1) is 9.13. The van der Waals surface area contributed by atoms with Gasteiger partial charge in [-0.3, -0.25) is 4.79 Å². The van der Waals surface area contributed by atoms with E-state index in [-0.39, 0.29) is 10.0 Å². The molecular formula is C13H10BrFN2O2. The number of rotatable bonds is 3. The summed E-state index contributed by atoms with van der Waals surface area (Å²) in [5.41, 5.74) is 0.622.